The second-order valence-corrected chi connectivity index (χ2v) is 6.39. The largest absolute Gasteiger partial charge is 0.367 e. The fourth-order valence-corrected chi connectivity index (χ4v) is 2.76. The fourth-order valence-electron chi connectivity index (χ4n) is 1.60. The molecular formula is C12H12BrN2O3P. The minimum atomic E-state index is -4.38. The highest BCUT2D eigenvalue weighted by molar-refractivity contribution is 9.10. The molecule has 0 spiro atoms. The van der Waals surface area contributed by atoms with Gasteiger partial charge in [-0.2, -0.15) is 0 Å². The van der Waals surface area contributed by atoms with Crippen LogP contribution in [0.2, 0.25) is 0 Å². The van der Waals surface area contributed by atoms with Crippen molar-refractivity contribution in [3.8, 4) is 0 Å². The van der Waals surface area contributed by atoms with Gasteiger partial charge in [-0.1, -0.05) is 24.3 Å². The molecule has 19 heavy (non-hydrogen) atoms. The third-order valence-corrected chi connectivity index (χ3v) is 3.94. The summed E-state index contributed by atoms with van der Waals surface area (Å²) in [5.41, 5.74) is 0.907. The van der Waals surface area contributed by atoms with E-state index in [-0.39, 0.29) is 5.69 Å². The van der Waals surface area contributed by atoms with E-state index in [1.807, 2.05) is 6.07 Å². The predicted molar refractivity (Wildman–Crippen MR) is 76.8 cm³/mol. The minimum Gasteiger partial charge on any atom is -0.367 e. The maximum atomic E-state index is 11.6. The van der Waals surface area contributed by atoms with Gasteiger partial charge in [-0.15, -0.1) is 0 Å². The monoisotopic (exact) mass is 342 g/mol. The van der Waals surface area contributed by atoms with Crippen LogP contribution < -0.4 is 5.32 Å². The normalized spacial score (nSPS) is 13.0. The number of pyridine rings is 1. The van der Waals surface area contributed by atoms with Gasteiger partial charge in [0.15, 0.2) is 5.78 Å². The number of aromatic nitrogens is 1. The zero-order chi connectivity index (χ0) is 13.9. The van der Waals surface area contributed by atoms with E-state index in [2.05, 4.69) is 26.2 Å². The summed E-state index contributed by atoms with van der Waals surface area (Å²) >= 11 is 3.19. The lowest BCUT2D eigenvalue weighted by Crippen LogP contribution is -2.12. The maximum Gasteiger partial charge on any atom is 0.353 e. The average Bonchev–Trinajstić information content (AvgIpc) is 2.36. The van der Waals surface area contributed by atoms with Gasteiger partial charge in [0.25, 0.3) is 0 Å². The molecule has 2 rings (SSSR count). The van der Waals surface area contributed by atoms with E-state index in [9.17, 15) is 14.4 Å². The summed E-state index contributed by atoms with van der Waals surface area (Å²) in [7, 11) is -4.38. The number of hydrogen-bond acceptors (Lipinski definition) is 3. The predicted octanol–water partition coefficient (Wildman–Crippen LogP) is 3.13. The minimum absolute atomic E-state index is 0.284. The molecule has 1 aromatic heterocycles. The second kappa shape index (κ2) is 5.84. The van der Waals surface area contributed by atoms with Crippen molar-refractivity contribution in [1.29, 1.82) is 0 Å². The zero-order valence-electron chi connectivity index (χ0n) is 9.77. The molecule has 1 unspecified atom stereocenters. The molecule has 5 nitrogen and oxygen atoms in total. The Balaban J connectivity index is 2.35. The molecule has 0 fully saturated rings. The van der Waals surface area contributed by atoms with Crippen LogP contribution >= 0.6 is 23.5 Å². The van der Waals surface area contributed by atoms with Gasteiger partial charge < -0.3 is 15.1 Å². The number of nitrogens with one attached hydrogen (secondary N) is 1. The van der Waals surface area contributed by atoms with Gasteiger partial charge in [0.1, 0.15) is 4.60 Å². The molecule has 0 bridgehead atoms. The Bertz CT molecular complexity index is 603. The Morgan fingerprint density at radius 3 is 2.37 bits per heavy atom. The van der Waals surface area contributed by atoms with Gasteiger partial charge in [-0.3, -0.25) is 4.57 Å². The summed E-state index contributed by atoms with van der Waals surface area (Å²) in [6.07, 6.45) is 0. The van der Waals surface area contributed by atoms with E-state index in [4.69, 9.17) is 0 Å². The smallest absolute Gasteiger partial charge is 0.353 e. The molecule has 0 saturated heterocycles. The molecule has 100 valence electrons. The van der Waals surface area contributed by atoms with Crippen molar-refractivity contribution in [2.45, 2.75) is 5.78 Å². The van der Waals surface area contributed by atoms with Crippen LogP contribution in [-0.4, -0.2) is 14.8 Å². The van der Waals surface area contributed by atoms with Gasteiger partial charge >= 0.3 is 7.60 Å². The van der Waals surface area contributed by atoms with Crippen molar-refractivity contribution in [3.05, 3.63) is 58.8 Å². The summed E-state index contributed by atoms with van der Waals surface area (Å²) in [6.45, 7) is 0. The summed E-state index contributed by atoms with van der Waals surface area (Å²) in [6, 6.07) is 13.8. The van der Waals surface area contributed by atoms with Crippen LogP contribution in [0.25, 0.3) is 0 Å². The first-order valence-corrected chi connectivity index (χ1v) is 7.93. The van der Waals surface area contributed by atoms with Crippen molar-refractivity contribution in [2.24, 2.45) is 0 Å². The third-order valence-electron chi connectivity index (χ3n) is 2.43. The molecule has 0 radical (unpaired) electrons. The van der Waals surface area contributed by atoms with E-state index < -0.39 is 13.4 Å². The molecule has 0 aliphatic heterocycles. The highest BCUT2D eigenvalue weighted by Crippen LogP contribution is 2.51. The topological polar surface area (TPSA) is 82.5 Å². The first kappa shape index (κ1) is 14.2. The number of anilines is 1. The van der Waals surface area contributed by atoms with Crippen LogP contribution in [0.15, 0.2) is 53.1 Å². The molecule has 1 aromatic carbocycles. The maximum absolute atomic E-state index is 11.6. The van der Waals surface area contributed by atoms with Crippen LogP contribution in [0.3, 0.4) is 0 Å². The second-order valence-electron chi connectivity index (χ2n) is 3.89. The van der Waals surface area contributed by atoms with Gasteiger partial charge in [-0.25, -0.2) is 4.98 Å². The van der Waals surface area contributed by atoms with E-state index >= 15 is 0 Å². The number of hydrogen-bond donors (Lipinski definition) is 3. The van der Waals surface area contributed by atoms with E-state index in [1.54, 1.807) is 42.5 Å². The molecule has 0 aliphatic rings. The van der Waals surface area contributed by atoms with Crippen molar-refractivity contribution in [2.75, 3.05) is 5.32 Å². The van der Waals surface area contributed by atoms with Gasteiger partial charge in [-0.05, 0) is 40.2 Å². The molecule has 0 aliphatic carbocycles. The standard InChI is InChI=1S/C12H12BrN2O3P/c13-11-8-4-7-10(15-11)12(19(16,17)18)14-9-5-2-1-3-6-9/h1-8,12,14H,(H2,16,17,18). The summed E-state index contributed by atoms with van der Waals surface area (Å²) in [4.78, 5) is 23.1. The number of rotatable bonds is 4. The summed E-state index contributed by atoms with van der Waals surface area (Å²) in [5.74, 6) is -1.17. The highest BCUT2D eigenvalue weighted by Gasteiger charge is 2.31. The molecular weight excluding hydrogens is 331 g/mol. The van der Waals surface area contributed by atoms with Gasteiger partial charge in [0.05, 0.1) is 5.69 Å². The van der Waals surface area contributed by atoms with E-state index in [0.29, 0.717) is 10.3 Å². The van der Waals surface area contributed by atoms with Crippen molar-refractivity contribution in [3.63, 3.8) is 0 Å². The van der Waals surface area contributed by atoms with E-state index in [0.717, 1.165) is 0 Å². The van der Waals surface area contributed by atoms with Crippen LogP contribution in [0.5, 0.6) is 0 Å². The van der Waals surface area contributed by atoms with Crippen LogP contribution in [-0.2, 0) is 4.57 Å². The third kappa shape index (κ3) is 3.88. The van der Waals surface area contributed by atoms with Gasteiger partial charge in [0, 0.05) is 5.69 Å². The molecule has 3 N–H and O–H groups in total. The number of para-hydroxylation sites is 1. The average molecular weight is 343 g/mol. The molecule has 1 atom stereocenters. The molecule has 7 heteroatoms. The Hall–Kier alpha value is -1.20. The van der Waals surface area contributed by atoms with Crippen LogP contribution in [0.1, 0.15) is 11.5 Å². The van der Waals surface area contributed by atoms with Gasteiger partial charge in [0.2, 0.25) is 0 Å². The van der Waals surface area contributed by atoms with Crippen molar-refractivity contribution >= 4 is 29.2 Å². The summed E-state index contributed by atoms with van der Waals surface area (Å²) in [5, 5.41) is 2.82. The van der Waals surface area contributed by atoms with Crippen molar-refractivity contribution in [1.82, 2.24) is 4.98 Å². The Kier molecular flexibility index (Phi) is 4.37. The number of nitrogens with zero attached hydrogens (tertiary/aromatic N) is 1. The van der Waals surface area contributed by atoms with Crippen LogP contribution in [0.4, 0.5) is 5.69 Å². The quantitative estimate of drug-likeness (QED) is 0.587. The molecule has 0 amide bonds. The molecule has 1 heterocycles. The zero-order valence-corrected chi connectivity index (χ0v) is 12.3. The lowest BCUT2D eigenvalue weighted by atomic mass is 10.3. The Labute approximate surface area is 119 Å². The molecule has 0 saturated carbocycles. The SMILES string of the molecule is O=P(O)(O)C(Nc1ccccc1)c1cccc(Br)n1. The fraction of sp³-hybridized carbons (Fsp3) is 0.0833. The Morgan fingerprint density at radius 1 is 1.11 bits per heavy atom. The molecule has 2 aromatic rings. The van der Waals surface area contributed by atoms with Crippen LogP contribution in [0, 0.1) is 0 Å². The van der Waals surface area contributed by atoms with Crippen molar-refractivity contribution < 1.29 is 14.4 Å². The number of benzene rings is 1. The lowest BCUT2D eigenvalue weighted by Gasteiger charge is -2.20. The first-order valence-electron chi connectivity index (χ1n) is 5.46. The van der Waals surface area contributed by atoms with E-state index in [1.165, 1.54) is 0 Å². The highest BCUT2D eigenvalue weighted by atomic mass is 79.9. The first-order chi connectivity index (χ1) is 8.97. The Morgan fingerprint density at radius 2 is 1.79 bits per heavy atom. The lowest BCUT2D eigenvalue weighted by molar-refractivity contribution is 0.362. The number of halogens is 1. The summed E-state index contributed by atoms with van der Waals surface area (Å²) < 4.78 is 12.2.